The first-order valence-corrected chi connectivity index (χ1v) is 7.41. The zero-order chi connectivity index (χ0) is 13.2. The largest absolute Gasteiger partial charge is 0.381 e. The monoisotopic (exact) mass is 260 g/mol. The summed E-state index contributed by atoms with van der Waals surface area (Å²) in [6.07, 6.45) is 1.24. The van der Waals surface area contributed by atoms with Gasteiger partial charge in [0.1, 0.15) is 0 Å². The average molecular weight is 260 g/mol. The SMILES string of the molecule is CC(C)c1ccccc1N[C@H]1CCN(C2COC2)C1. The molecule has 0 unspecified atom stereocenters. The molecule has 2 aliphatic rings. The number of nitrogens with zero attached hydrogens (tertiary/aromatic N) is 1. The molecule has 2 fully saturated rings. The van der Waals surface area contributed by atoms with Crippen LogP contribution in [-0.4, -0.2) is 43.3 Å². The third-order valence-corrected chi connectivity index (χ3v) is 4.30. The smallest absolute Gasteiger partial charge is 0.0645 e. The van der Waals surface area contributed by atoms with Gasteiger partial charge in [-0.25, -0.2) is 0 Å². The van der Waals surface area contributed by atoms with E-state index in [4.69, 9.17) is 4.74 Å². The Morgan fingerprint density at radius 1 is 1.26 bits per heavy atom. The Labute approximate surface area is 115 Å². The van der Waals surface area contributed by atoms with Crippen LogP contribution in [0.4, 0.5) is 5.69 Å². The molecule has 3 rings (SSSR count). The number of likely N-dealkylation sites (tertiary alicyclic amines) is 1. The quantitative estimate of drug-likeness (QED) is 0.901. The van der Waals surface area contributed by atoms with E-state index in [1.165, 1.54) is 24.2 Å². The Bertz CT molecular complexity index is 429. The molecule has 2 aliphatic heterocycles. The first-order chi connectivity index (χ1) is 9.24. The van der Waals surface area contributed by atoms with Crippen LogP contribution in [0.2, 0.25) is 0 Å². The third kappa shape index (κ3) is 2.77. The zero-order valence-electron chi connectivity index (χ0n) is 11.9. The van der Waals surface area contributed by atoms with Gasteiger partial charge in [-0.3, -0.25) is 4.90 Å². The van der Waals surface area contributed by atoms with E-state index < -0.39 is 0 Å². The van der Waals surface area contributed by atoms with Crippen molar-refractivity contribution in [1.29, 1.82) is 0 Å². The Balaban J connectivity index is 1.62. The molecule has 0 spiro atoms. The third-order valence-electron chi connectivity index (χ3n) is 4.30. The number of ether oxygens (including phenoxy) is 1. The maximum absolute atomic E-state index is 5.29. The molecule has 1 aromatic carbocycles. The number of benzene rings is 1. The van der Waals surface area contributed by atoms with Crippen molar-refractivity contribution in [2.45, 2.75) is 38.3 Å². The fourth-order valence-corrected chi connectivity index (χ4v) is 3.02. The minimum atomic E-state index is 0.571. The average Bonchev–Trinajstić information content (AvgIpc) is 2.75. The maximum atomic E-state index is 5.29. The molecular weight excluding hydrogens is 236 g/mol. The van der Waals surface area contributed by atoms with Crippen LogP contribution >= 0.6 is 0 Å². The van der Waals surface area contributed by atoms with Gasteiger partial charge >= 0.3 is 0 Å². The van der Waals surface area contributed by atoms with Crippen molar-refractivity contribution in [2.75, 3.05) is 31.6 Å². The van der Waals surface area contributed by atoms with E-state index in [2.05, 4.69) is 48.3 Å². The summed E-state index contributed by atoms with van der Waals surface area (Å²) in [5, 5.41) is 3.74. The molecule has 1 N–H and O–H groups in total. The molecule has 0 radical (unpaired) electrons. The standard InChI is InChI=1S/C16H24N2O/c1-12(2)15-5-3-4-6-16(15)17-13-7-8-18(9-13)14-10-19-11-14/h3-6,12-14,17H,7-11H2,1-2H3/t13-/m0/s1. The van der Waals surface area contributed by atoms with Crippen LogP contribution in [0.1, 0.15) is 31.7 Å². The van der Waals surface area contributed by atoms with E-state index in [9.17, 15) is 0 Å². The normalized spacial score (nSPS) is 24.7. The zero-order valence-corrected chi connectivity index (χ0v) is 11.9. The number of hydrogen-bond donors (Lipinski definition) is 1. The number of anilines is 1. The number of hydrogen-bond acceptors (Lipinski definition) is 3. The summed E-state index contributed by atoms with van der Waals surface area (Å²) in [4.78, 5) is 2.57. The van der Waals surface area contributed by atoms with Crippen LogP contribution in [-0.2, 0) is 4.74 Å². The molecule has 3 heteroatoms. The molecule has 0 saturated carbocycles. The number of para-hydroxylation sites is 1. The number of nitrogens with one attached hydrogen (secondary N) is 1. The second-order valence-electron chi connectivity index (χ2n) is 6.06. The molecule has 1 aromatic rings. The topological polar surface area (TPSA) is 24.5 Å². The van der Waals surface area contributed by atoms with Gasteiger partial charge in [-0.15, -0.1) is 0 Å². The number of rotatable bonds is 4. The van der Waals surface area contributed by atoms with Crippen molar-refractivity contribution in [2.24, 2.45) is 0 Å². The molecule has 0 aromatic heterocycles. The minimum Gasteiger partial charge on any atom is -0.381 e. The maximum Gasteiger partial charge on any atom is 0.0645 e. The Hall–Kier alpha value is -1.06. The van der Waals surface area contributed by atoms with Crippen LogP contribution in [0.5, 0.6) is 0 Å². The molecule has 3 nitrogen and oxygen atoms in total. The van der Waals surface area contributed by atoms with Gasteiger partial charge < -0.3 is 10.1 Å². The van der Waals surface area contributed by atoms with Crippen molar-refractivity contribution >= 4 is 5.69 Å². The summed E-state index contributed by atoms with van der Waals surface area (Å²) >= 11 is 0. The van der Waals surface area contributed by atoms with Gasteiger partial charge in [0, 0.05) is 24.8 Å². The summed E-state index contributed by atoms with van der Waals surface area (Å²) in [5.41, 5.74) is 2.74. The molecule has 0 amide bonds. The molecular formula is C16H24N2O. The van der Waals surface area contributed by atoms with Crippen LogP contribution in [0.15, 0.2) is 24.3 Å². The summed E-state index contributed by atoms with van der Waals surface area (Å²) in [7, 11) is 0. The second kappa shape index (κ2) is 5.51. The lowest BCUT2D eigenvalue weighted by Gasteiger charge is -2.34. The van der Waals surface area contributed by atoms with Gasteiger partial charge in [0.05, 0.1) is 19.3 Å². The summed E-state index contributed by atoms with van der Waals surface area (Å²) in [6, 6.07) is 9.96. The van der Waals surface area contributed by atoms with Gasteiger partial charge in [0.2, 0.25) is 0 Å². The lowest BCUT2D eigenvalue weighted by atomic mass is 10.0. The highest BCUT2D eigenvalue weighted by Gasteiger charge is 2.32. The van der Waals surface area contributed by atoms with Crippen LogP contribution in [0.3, 0.4) is 0 Å². The van der Waals surface area contributed by atoms with Gasteiger partial charge in [-0.05, 0) is 24.0 Å². The predicted octanol–water partition coefficient (Wildman–Crippen LogP) is 2.70. The lowest BCUT2D eigenvalue weighted by molar-refractivity contribution is -0.0571. The van der Waals surface area contributed by atoms with E-state index in [1.807, 2.05) is 0 Å². The summed E-state index contributed by atoms with van der Waals surface area (Å²) in [5.74, 6) is 0.571. The fraction of sp³-hybridized carbons (Fsp3) is 0.625. The lowest BCUT2D eigenvalue weighted by Crippen LogP contribution is -2.48. The minimum absolute atomic E-state index is 0.571. The summed E-state index contributed by atoms with van der Waals surface area (Å²) in [6.45, 7) is 8.72. The molecule has 2 saturated heterocycles. The highest BCUT2D eigenvalue weighted by molar-refractivity contribution is 5.53. The van der Waals surface area contributed by atoms with Crippen molar-refractivity contribution < 1.29 is 4.74 Å². The first kappa shape index (κ1) is 12.9. The Kier molecular flexibility index (Phi) is 3.76. The van der Waals surface area contributed by atoms with Gasteiger partial charge in [-0.1, -0.05) is 32.0 Å². The van der Waals surface area contributed by atoms with Crippen molar-refractivity contribution in [3.63, 3.8) is 0 Å². The van der Waals surface area contributed by atoms with E-state index in [1.54, 1.807) is 0 Å². The van der Waals surface area contributed by atoms with Crippen LogP contribution in [0, 0.1) is 0 Å². The van der Waals surface area contributed by atoms with Gasteiger partial charge in [0.25, 0.3) is 0 Å². The molecule has 104 valence electrons. The predicted molar refractivity (Wildman–Crippen MR) is 78.7 cm³/mol. The van der Waals surface area contributed by atoms with Crippen LogP contribution in [0.25, 0.3) is 0 Å². The van der Waals surface area contributed by atoms with Crippen molar-refractivity contribution in [3.05, 3.63) is 29.8 Å². The van der Waals surface area contributed by atoms with Crippen molar-refractivity contribution in [1.82, 2.24) is 4.90 Å². The highest BCUT2D eigenvalue weighted by atomic mass is 16.5. The van der Waals surface area contributed by atoms with E-state index in [-0.39, 0.29) is 0 Å². The highest BCUT2D eigenvalue weighted by Crippen LogP contribution is 2.26. The van der Waals surface area contributed by atoms with Crippen LogP contribution < -0.4 is 5.32 Å². The van der Waals surface area contributed by atoms with E-state index in [0.717, 1.165) is 19.8 Å². The molecule has 0 aliphatic carbocycles. The first-order valence-electron chi connectivity index (χ1n) is 7.41. The Morgan fingerprint density at radius 2 is 2.05 bits per heavy atom. The van der Waals surface area contributed by atoms with Crippen molar-refractivity contribution in [3.8, 4) is 0 Å². The van der Waals surface area contributed by atoms with Gasteiger partial charge in [-0.2, -0.15) is 0 Å². The Morgan fingerprint density at radius 3 is 2.74 bits per heavy atom. The summed E-state index contributed by atoms with van der Waals surface area (Å²) < 4.78 is 5.29. The molecule has 19 heavy (non-hydrogen) atoms. The van der Waals surface area contributed by atoms with E-state index in [0.29, 0.717) is 18.0 Å². The van der Waals surface area contributed by atoms with E-state index >= 15 is 0 Å². The fourth-order valence-electron chi connectivity index (χ4n) is 3.02. The van der Waals surface area contributed by atoms with Gasteiger partial charge in [0.15, 0.2) is 0 Å². The second-order valence-corrected chi connectivity index (χ2v) is 6.06. The molecule has 1 atom stereocenters. The molecule has 0 bridgehead atoms. The molecule has 2 heterocycles.